The Morgan fingerprint density at radius 2 is 1.72 bits per heavy atom. The lowest BCUT2D eigenvalue weighted by molar-refractivity contribution is -0.127. The lowest BCUT2D eigenvalue weighted by atomic mass is 10.1. The number of thiocarbonyl (C=S) groups is 1. The Hall–Kier alpha value is -2.93. The first-order chi connectivity index (χ1) is 15.4. The maximum absolute atomic E-state index is 13.3. The quantitative estimate of drug-likeness (QED) is 0.245. The molecule has 1 aromatic heterocycles. The zero-order chi connectivity index (χ0) is 22.8. The highest BCUT2D eigenvalue weighted by atomic mass is 35.5. The average molecular weight is 485 g/mol. The molecule has 0 saturated carbocycles. The van der Waals surface area contributed by atoms with Gasteiger partial charge in [-0.15, -0.1) is 0 Å². The molecule has 8 heteroatoms. The number of hydrogen-bond donors (Lipinski definition) is 0. The van der Waals surface area contributed by atoms with E-state index in [9.17, 15) is 9.59 Å². The predicted octanol–water partition coefficient (Wildman–Crippen LogP) is 6.21. The first-order valence-electron chi connectivity index (χ1n) is 9.93. The zero-order valence-corrected chi connectivity index (χ0v) is 19.4. The third kappa shape index (κ3) is 4.09. The van der Waals surface area contributed by atoms with Crippen molar-refractivity contribution in [2.75, 3.05) is 11.4 Å². The molecule has 0 aliphatic carbocycles. The summed E-state index contributed by atoms with van der Waals surface area (Å²) in [7, 11) is 0. The molecule has 1 saturated heterocycles. The summed E-state index contributed by atoms with van der Waals surface area (Å²) in [6.07, 6.45) is 2.13. The van der Waals surface area contributed by atoms with Crippen molar-refractivity contribution in [1.82, 2.24) is 4.90 Å². The number of anilines is 1. The Kier molecular flexibility index (Phi) is 6.46. The van der Waals surface area contributed by atoms with E-state index in [2.05, 4.69) is 0 Å². The van der Waals surface area contributed by atoms with Gasteiger partial charge in [-0.3, -0.25) is 19.4 Å². The summed E-state index contributed by atoms with van der Waals surface area (Å²) in [6.45, 7) is 2.34. The molecule has 2 aromatic carbocycles. The monoisotopic (exact) mass is 484 g/mol. The molecule has 1 aliphatic heterocycles. The van der Waals surface area contributed by atoms with Gasteiger partial charge in [0, 0.05) is 12.1 Å². The van der Waals surface area contributed by atoms with Gasteiger partial charge in [0.1, 0.15) is 17.1 Å². The van der Waals surface area contributed by atoms with Crippen molar-refractivity contribution in [3.8, 4) is 11.3 Å². The van der Waals surface area contributed by atoms with Gasteiger partial charge in [-0.05, 0) is 61.1 Å². The molecule has 0 N–H and O–H groups in total. The molecule has 0 spiro atoms. The van der Waals surface area contributed by atoms with Gasteiger partial charge in [0.05, 0.1) is 15.7 Å². The van der Waals surface area contributed by atoms with Crippen LogP contribution in [0.25, 0.3) is 17.4 Å². The summed E-state index contributed by atoms with van der Waals surface area (Å²) in [6, 6.07) is 17.6. The van der Waals surface area contributed by atoms with Crippen LogP contribution in [0.4, 0.5) is 5.69 Å². The molecule has 0 unspecified atom stereocenters. The molecule has 1 fully saturated rings. The SMILES string of the molecule is CCCN1C(=O)/C(=C/c2ccc(-c3cccc(Cl)c3Cl)o2)C(=O)N(c2ccccc2)C1=S. The molecule has 0 radical (unpaired) electrons. The highest BCUT2D eigenvalue weighted by molar-refractivity contribution is 7.80. The summed E-state index contributed by atoms with van der Waals surface area (Å²) in [5.41, 5.74) is 1.17. The first kappa shape index (κ1) is 22.3. The van der Waals surface area contributed by atoms with Gasteiger partial charge in [0.25, 0.3) is 11.8 Å². The Bertz CT molecular complexity index is 1240. The van der Waals surface area contributed by atoms with Crippen LogP contribution in [0, 0.1) is 0 Å². The molecule has 1 aliphatic rings. The number of amides is 2. The molecule has 0 bridgehead atoms. The van der Waals surface area contributed by atoms with E-state index in [4.69, 9.17) is 39.8 Å². The maximum atomic E-state index is 13.3. The molecule has 0 atom stereocenters. The molecule has 2 heterocycles. The topological polar surface area (TPSA) is 53.8 Å². The molecule has 3 aromatic rings. The number of furan rings is 1. The van der Waals surface area contributed by atoms with Crippen molar-refractivity contribution >= 4 is 64.1 Å². The van der Waals surface area contributed by atoms with Crippen molar-refractivity contribution in [2.24, 2.45) is 0 Å². The number of nitrogens with zero attached hydrogens (tertiary/aromatic N) is 2. The second kappa shape index (κ2) is 9.28. The van der Waals surface area contributed by atoms with Crippen molar-refractivity contribution in [2.45, 2.75) is 13.3 Å². The number of benzene rings is 2. The van der Waals surface area contributed by atoms with Gasteiger partial charge in [0.15, 0.2) is 5.11 Å². The number of rotatable bonds is 5. The van der Waals surface area contributed by atoms with Crippen LogP contribution >= 0.6 is 35.4 Å². The van der Waals surface area contributed by atoms with E-state index in [0.29, 0.717) is 45.8 Å². The van der Waals surface area contributed by atoms with Crippen LogP contribution in [-0.4, -0.2) is 28.4 Å². The number of hydrogen-bond acceptors (Lipinski definition) is 4. The van der Waals surface area contributed by atoms with Crippen molar-refractivity contribution in [3.05, 3.63) is 82.0 Å². The van der Waals surface area contributed by atoms with Crippen LogP contribution in [0.1, 0.15) is 19.1 Å². The van der Waals surface area contributed by atoms with E-state index >= 15 is 0 Å². The molecule has 5 nitrogen and oxygen atoms in total. The van der Waals surface area contributed by atoms with E-state index in [1.54, 1.807) is 42.5 Å². The van der Waals surface area contributed by atoms with Gasteiger partial charge in [0.2, 0.25) is 0 Å². The Balaban J connectivity index is 1.75. The minimum Gasteiger partial charge on any atom is -0.457 e. The summed E-state index contributed by atoms with van der Waals surface area (Å²) in [5, 5.41) is 0.929. The van der Waals surface area contributed by atoms with Gasteiger partial charge in [-0.2, -0.15) is 0 Å². The second-order valence-corrected chi connectivity index (χ2v) is 8.23. The zero-order valence-electron chi connectivity index (χ0n) is 17.0. The fraction of sp³-hybridized carbons (Fsp3) is 0.125. The van der Waals surface area contributed by atoms with E-state index in [0.717, 1.165) is 0 Å². The molecular formula is C24H18Cl2N2O3S. The Labute approximate surface area is 200 Å². The van der Waals surface area contributed by atoms with Crippen LogP contribution in [0.2, 0.25) is 10.0 Å². The smallest absolute Gasteiger partial charge is 0.270 e. The number of carbonyl (C=O) groups is 2. The van der Waals surface area contributed by atoms with E-state index in [-0.39, 0.29) is 10.7 Å². The van der Waals surface area contributed by atoms with E-state index in [1.165, 1.54) is 15.9 Å². The minimum absolute atomic E-state index is 0.0333. The fourth-order valence-electron chi connectivity index (χ4n) is 3.41. The molecular weight excluding hydrogens is 467 g/mol. The third-order valence-electron chi connectivity index (χ3n) is 4.92. The number of carbonyl (C=O) groups excluding carboxylic acids is 2. The largest absolute Gasteiger partial charge is 0.457 e. The normalized spacial score (nSPS) is 15.7. The van der Waals surface area contributed by atoms with Crippen molar-refractivity contribution < 1.29 is 14.0 Å². The van der Waals surface area contributed by atoms with Gasteiger partial charge < -0.3 is 4.42 Å². The minimum atomic E-state index is -0.503. The summed E-state index contributed by atoms with van der Waals surface area (Å²) < 4.78 is 5.87. The Morgan fingerprint density at radius 3 is 2.44 bits per heavy atom. The van der Waals surface area contributed by atoms with Crippen LogP contribution < -0.4 is 4.90 Å². The van der Waals surface area contributed by atoms with Crippen molar-refractivity contribution in [3.63, 3.8) is 0 Å². The Morgan fingerprint density at radius 1 is 0.969 bits per heavy atom. The third-order valence-corrected chi connectivity index (χ3v) is 6.15. The van der Waals surface area contributed by atoms with Gasteiger partial charge in [-0.25, -0.2) is 0 Å². The number of halogens is 2. The first-order valence-corrected chi connectivity index (χ1v) is 11.1. The predicted molar refractivity (Wildman–Crippen MR) is 131 cm³/mol. The average Bonchev–Trinajstić information content (AvgIpc) is 3.25. The highest BCUT2D eigenvalue weighted by Crippen LogP contribution is 2.35. The summed E-state index contributed by atoms with van der Waals surface area (Å²) >= 11 is 17.9. The van der Waals surface area contributed by atoms with E-state index < -0.39 is 11.8 Å². The lowest BCUT2D eigenvalue weighted by Crippen LogP contribution is -2.56. The number of para-hydroxylation sites is 1. The van der Waals surface area contributed by atoms with Crippen LogP contribution in [0.5, 0.6) is 0 Å². The van der Waals surface area contributed by atoms with Gasteiger partial charge in [-0.1, -0.05) is 54.4 Å². The van der Waals surface area contributed by atoms with Gasteiger partial charge >= 0.3 is 0 Å². The van der Waals surface area contributed by atoms with Crippen molar-refractivity contribution in [1.29, 1.82) is 0 Å². The lowest BCUT2D eigenvalue weighted by Gasteiger charge is -2.36. The van der Waals surface area contributed by atoms with Crippen LogP contribution in [0.15, 0.2) is 70.7 Å². The van der Waals surface area contributed by atoms with Crippen LogP contribution in [-0.2, 0) is 9.59 Å². The maximum Gasteiger partial charge on any atom is 0.270 e. The molecule has 4 rings (SSSR count). The van der Waals surface area contributed by atoms with Crippen LogP contribution in [0.3, 0.4) is 0 Å². The van der Waals surface area contributed by atoms with E-state index in [1.807, 2.05) is 25.1 Å². The molecule has 2 amide bonds. The fourth-order valence-corrected chi connectivity index (χ4v) is 4.17. The standard InChI is InChI=1S/C24H18Cl2N2O3S/c1-2-13-27-22(29)18(23(30)28(24(27)32)15-7-4-3-5-8-15)14-16-11-12-20(31-16)17-9-6-10-19(25)21(17)26/h3-12,14H,2,13H2,1H3/b18-14-. The second-order valence-electron chi connectivity index (χ2n) is 7.08. The molecule has 162 valence electrons. The summed E-state index contributed by atoms with van der Waals surface area (Å²) in [4.78, 5) is 29.3. The molecule has 32 heavy (non-hydrogen) atoms. The highest BCUT2D eigenvalue weighted by Gasteiger charge is 2.40. The summed E-state index contributed by atoms with van der Waals surface area (Å²) in [5.74, 6) is -0.143.